The topological polar surface area (TPSA) is 17.1 Å². The summed E-state index contributed by atoms with van der Waals surface area (Å²) in [7, 11) is 0. The smallest absolute Gasteiger partial charge is 0.300 e. The van der Waals surface area contributed by atoms with Crippen LogP contribution in [0.3, 0.4) is 0 Å². The van der Waals surface area contributed by atoms with E-state index in [1.807, 2.05) is 0 Å². The van der Waals surface area contributed by atoms with Gasteiger partial charge in [0.25, 0.3) is 0 Å². The van der Waals surface area contributed by atoms with Crippen LogP contribution in [0.15, 0.2) is 12.7 Å². The molecule has 78 valence electrons. The van der Waals surface area contributed by atoms with Crippen LogP contribution in [-0.2, 0) is 4.79 Å². The highest BCUT2D eigenvalue weighted by atomic mass is 19.4. The zero-order chi connectivity index (χ0) is 11.3. The van der Waals surface area contributed by atoms with Crippen LogP contribution < -0.4 is 0 Å². The normalized spacial score (nSPS) is 11.3. The molecule has 0 rings (SSSR count). The van der Waals surface area contributed by atoms with Gasteiger partial charge in [0, 0.05) is 0 Å². The summed E-state index contributed by atoms with van der Waals surface area (Å²) in [4.78, 5) is 9.44. The van der Waals surface area contributed by atoms with Gasteiger partial charge in [-0.3, -0.25) is 0 Å². The van der Waals surface area contributed by atoms with Crippen molar-refractivity contribution in [3.8, 4) is 0 Å². The molecule has 0 saturated carbocycles. The lowest BCUT2D eigenvalue weighted by atomic mass is 10.3. The Labute approximate surface area is 72.2 Å². The lowest BCUT2D eigenvalue weighted by molar-refractivity contribution is -0.259. The SMILES string of the molecule is C=CC(F)(F)C(F)(F)F.CC(C)=O. The van der Waals surface area contributed by atoms with Crippen molar-refractivity contribution in [3.63, 3.8) is 0 Å². The number of Topliss-reactive ketones (excluding diaryl/α,β-unsaturated/α-hetero) is 1. The van der Waals surface area contributed by atoms with Crippen molar-refractivity contribution in [1.29, 1.82) is 0 Å². The third-order valence-corrected chi connectivity index (χ3v) is 0.634. The third kappa shape index (κ3) is 7.42. The van der Waals surface area contributed by atoms with E-state index in [4.69, 9.17) is 0 Å². The molecule has 0 N–H and O–H groups in total. The molecule has 13 heavy (non-hydrogen) atoms. The molecule has 0 aliphatic carbocycles. The number of halogens is 5. The van der Waals surface area contributed by atoms with E-state index in [9.17, 15) is 26.7 Å². The summed E-state index contributed by atoms with van der Waals surface area (Å²) in [6.45, 7) is 5.38. The number of allylic oxidation sites excluding steroid dienone is 1. The summed E-state index contributed by atoms with van der Waals surface area (Å²) < 4.78 is 55.9. The molecule has 0 fully saturated rings. The molecule has 0 aromatic carbocycles. The van der Waals surface area contributed by atoms with Crippen molar-refractivity contribution in [2.45, 2.75) is 25.9 Å². The van der Waals surface area contributed by atoms with Crippen LogP contribution in [0.5, 0.6) is 0 Å². The van der Waals surface area contributed by atoms with Crippen molar-refractivity contribution in [1.82, 2.24) is 0 Å². The molecule has 0 spiro atoms. The van der Waals surface area contributed by atoms with Gasteiger partial charge in [0.2, 0.25) is 0 Å². The molecule has 1 nitrogen and oxygen atoms in total. The average Bonchev–Trinajstić information content (AvgIpc) is 1.84. The molecule has 0 aromatic heterocycles. The molecule has 0 unspecified atom stereocenters. The number of ketones is 1. The van der Waals surface area contributed by atoms with E-state index < -0.39 is 18.2 Å². The van der Waals surface area contributed by atoms with E-state index in [2.05, 4.69) is 6.58 Å². The Morgan fingerprint density at radius 2 is 1.38 bits per heavy atom. The molecule has 0 heterocycles. The van der Waals surface area contributed by atoms with E-state index in [0.717, 1.165) is 0 Å². The van der Waals surface area contributed by atoms with Crippen molar-refractivity contribution < 1.29 is 26.7 Å². The van der Waals surface area contributed by atoms with Gasteiger partial charge in [-0.05, 0) is 19.9 Å². The number of alkyl halides is 5. The van der Waals surface area contributed by atoms with Gasteiger partial charge in [-0.2, -0.15) is 22.0 Å². The standard InChI is InChI=1S/C4H3F5.C3H6O/c1-2-3(5,6)4(7,8)9;1-3(2)4/h2H,1H2;1-2H3. The van der Waals surface area contributed by atoms with E-state index in [-0.39, 0.29) is 5.78 Å². The molecule has 0 atom stereocenters. The summed E-state index contributed by atoms with van der Waals surface area (Å²) >= 11 is 0. The summed E-state index contributed by atoms with van der Waals surface area (Å²) in [6.07, 6.45) is -5.94. The Morgan fingerprint density at radius 1 is 1.15 bits per heavy atom. The summed E-state index contributed by atoms with van der Waals surface area (Å²) in [5.41, 5.74) is 0. The maximum atomic E-state index is 11.4. The highest BCUT2D eigenvalue weighted by Gasteiger charge is 2.54. The highest BCUT2D eigenvalue weighted by molar-refractivity contribution is 5.72. The molecule has 0 bridgehead atoms. The summed E-state index contributed by atoms with van der Waals surface area (Å²) in [5, 5.41) is 0. The van der Waals surface area contributed by atoms with Gasteiger partial charge < -0.3 is 4.79 Å². The maximum absolute atomic E-state index is 11.4. The number of carbonyl (C=O) groups excluding carboxylic acids is 1. The third-order valence-electron chi connectivity index (χ3n) is 0.634. The monoisotopic (exact) mass is 204 g/mol. The Balaban J connectivity index is 0. The van der Waals surface area contributed by atoms with Crippen molar-refractivity contribution in [2.24, 2.45) is 0 Å². The van der Waals surface area contributed by atoms with Gasteiger partial charge in [-0.25, -0.2) is 0 Å². The van der Waals surface area contributed by atoms with Crippen molar-refractivity contribution in [2.75, 3.05) is 0 Å². The second-order valence-corrected chi connectivity index (χ2v) is 2.23. The minimum absolute atomic E-state index is 0.167. The van der Waals surface area contributed by atoms with E-state index in [0.29, 0.717) is 0 Å². The van der Waals surface area contributed by atoms with E-state index >= 15 is 0 Å². The number of carbonyl (C=O) groups is 1. The average molecular weight is 204 g/mol. The largest absolute Gasteiger partial charge is 0.457 e. The van der Waals surface area contributed by atoms with Crippen LogP contribution in [0, 0.1) is 0 Å². The molecule has 0 aliphatic rings. The molecule has 0 radical (unpaired) electrons. The molecule has 6 heteroatoms. The van der Waals surface area contributed by atoms with Gasteiger partial charge in [0.05, 0.1) is 0 Å². The molecule has 0 aliphatic heterocycles. The van der Waals surface area contributed by atoms with Crippen molar-refractivity contribution >= 4 is 5.78 Å². The van der Waals surface area contributed by atoms with Crippen LogP contribution in [0.4, 0.5) is 22.0 Å². The first-order valence-corrected chi connectivity index (χ1v) is 3.10. The first-order chi connectivity index (χ1) is 5.54. The zero-order valence-electron chi connectivity index (χ0n) is 7.08. The quantitative estimate of drug-likeness (QED) is 0.474. The fraction of sp³-hybridized carbons (Fsp3) is 0.571. The molecular formula is C7H9F5O. The Morgan fingerprint density at radius 3 is 1.38 bits per heavy atom. The van der Waals surface area contributed by atoms with Crippen LogP contribution in [0.25, 0.3) is 0 Å². The van der Waals surface area contributed by atoms with E-state index in [1.165, 1.54) is 13.8 Å². The summed E-state index contributed by atoms with van der Waals surface area (Å²) in [6, 6.07) is 0. The number of rotatable bonds is 1. The fourth-order valence-electron chi connectivity index (χ4n) is 0.116. The van der Waals surface area contributed by atoms with Gasteiger partial charge in [-0.15, -0.1) is 0 Å². The molecule has 0 saturated heterocycles. The lowest BCUT2D eigenvalue weighted by Gasteiger charge is -2.13. The second kappa shape index (κ2) is 4.94. The Hall–Kier alpha value is -0.940. The predicted octanol–water partition coefficient (Wildman–Crippen LogP) is 2.97. The number of hydrogen-bond donors (Lipinski definition) is 0. The Bertz CT molecular complexity index is 178. The zero-order valence-corrected chi connectivity index (χ0v) is 7.08. The van der Waals surface area contributed by atoms with Gasteiger partial charge in [-0.1, -0.05) is 6.58 Å². The first kappa shape index (κ1) is 14.6. The Kier molecular flexibility index (Phi) is 5.53. The number of hydrogen-bond acceptors (Lipinski definition) is 1. The van der Waals surface area contributed by atoms with Crippen LogP contribution in [0.2, 0.25) is 0 Å². The molecule has 0 amide bonds. The van der Waals surface area contributed by atoms with Crippen LogP contribution in [-0.4, -0.2) is 17.9 Å². The minimum atomic E-state index is -5.51. The van der Waals surface area contributed by atoms with E-state index in [1.54, 1.807) is 0 Å². The van der Waals surface area contributed by atoms with Crippen LogP contribution >= 0.6 is 0 Å². The minimum Gasteiger partial charge on any atom is -0.300 e. The molecular weight excluding hydrogens is 195 g/mol. The predicted molar refractivity (Wildman–Crippen MR) is 37.6 cm³/mol. The lowest BCUT2D eigenvalue weighted by Crippen LogP contribution is -2.33. The van der Waals surface area contributed by atoms with Gasteiger partial charge >= 0.3 is 12.1 Å². The molecule has 0 aromatic rings. The van der Waals surface area contributed by atoms with Crippen LogP contribution in [0.1, 0.15) is 13.8 Å². The first-order valence-electron chi connectivity index (χ1n) is 3.10. The van der Waals surface area contributed by atoms with Crippen molar-refractivity contribution in [3.05, 3.63) is 12.7 Å². The van der Waals surface area contributed by atoms with Gasteiger partial charge in [0.1, 0.15) is 5.78 Å². The highest BCUT2D eigenvalue weighted by Crippen LogP contribution is 2.35. The second-order valence-electron chi connectivity index (χ2n) is 2.23. The fourth-order valence-corrected chi connectivity index (χ4v) is 0.116. The maximum Gasteiger partial charge on any atom is 0.457 e. The summed E-state index contributed by atoms with van der Waals surface area (Å²) in [5.74, 6) is -4.59. The van der Waals surface area contributed by atoms with Gasteiger partial charge in [0.15, 0.2) is 0 Å².